The minimum atomic E-state index is -4.08. The molecule has 0 aromatic carbocycles. The van der Waals surface area contributed by atoms with Crippen molar-refractivity contribution in [2.24, 2.45) is 16.8 Å². The van der Waals surface area contributed by atoms with Crippen LogP contribution >= 0.6 is 24.0 Å². The first-order chi connectivity index (χ1) is 11.5. The number of halogens is 4. The van der Waals surface area contributed by atoms with Crippen molar-refractivity contribution < 1.29 is 13.2 Å². The molecule has 0 radical (unpaired) electrons. The Morgan fingerprint density at radius 2 is 1.60 bits per heavy atom. The van der Waals surface area contributed by atoms with E-state index in [0.717, 1.165) is 44.2 Å². The fourth-order valence-corrected chi connectivity index (χ4v) is 3.31. The zero-order valence-corrected chi connectivity index (χ0v) is 17.4. The summed E-state index contributed by atoms with van der Waals surface area (Å²) in [4.78, 5) is 5.73. The van der Waals surface area contributed by atoms with Gasteiger partial charge in [0, 0.05) is 20.1 Å². The summed E-state index contributed by atoms with van der Waals surface area (Å²) in [6, 6.07) is 0. The van der Waals surface area contributed by atoms with Crippen LogP contribution in [0, 0.1) is 11.8 Å². The van der Waals surface area contributed by atoms with Gasteiger partial charge in [0.15, 0.2) is 5.96 Å². The zero-order valence-electron chi connectivity index (χ0n) is 15.1. The summed E-state index contributed by atoms with van der Waals surface area (Å²) in [6.07, 6.45) is 3.90. The molecule has 1 aliphatic carbocycles. The summed E-state index contributed by atoms with van der Waals surface area (Å²) in [7, 11) is 1.77. The molecule has 1 aliphatic heterocycles. The Morgan fingerprint density at radius 1 is 1.00 bits per heavy atom. The number of nitrogens with one attached hydrogen (secondary N) is 2. The third-order valence-electron chi connectivity index (χ3n) is 4.96. The molecule has 148 valence electrons. The maximum atomic E-state index is 12.4. The van der Waals surface area contributed by atoms with Gasteiger partial charge in [0.25, 0.3) is 0 Å². The maximum absolute atomic E-state index is 12.4. The molecule has 0 bridgehead atoms. The molecule has 1 heterocycles. The van der Waals surface area contributed by atoms with Crippen LogP contribution in [0.4, 0.5) is 13.2 Å². The highest BCUT2D eigenvalue weighted by atomic mass is 127. The molecule has 2 rings (SSSR count). The van der Waals surface area contributed by atoms with Crippen LogP contribution in [0.5, 0.6) is 0 Å². The molecular weight excluding hydrogens is 444 g/mol. The average molecular weight is 476 g/mol. The summed E-state index contributed by atoms with van der Waals surface area (Å²) >= 11 is 0. The van der Waals surface area contributed by atoms with Gasteiger partial charge in [-0.15, -0.1) is 24.0 Å². The highest BCUT2D eigenvalue weighted by Gasteiger charge is 2.32. The van der Waals surface area contributed by atoms with Gasteiger partial charge in [-0.1, -0.05) is 12.8 Å². The third-order valence-corrected chi connectivity index (χ3v) is 4.96. The van der Waals surface area contributed by atoms with Gasteiger partial charge in [-0.25, -0.2) is 0 Å². The van der Waals surface area contributed by atoms with Crippen LogP contribution in [0.3, 0.4) is 0 Å². The van der Waals surface area contributed by atoms with Gasteiger partial charge in [0.05, 0.1) is 6.54 Å². The SMILES string of the molecule is CN=C(NCCCC1CC1)NCCC1CCN(CC(F)(F)F)CC1.I. The highest BCUT2D eigenvalue weighted by Crippen LogP contribution is 2.33. The van der Waals surface area contributed by atoms with E-state index in [-0.39, 0.29) is 24.0 Å². The van der Waals surface area contributed by atoms with Crippen molar-refractivity contribution in [3.8, 4) is 0 Å². The van der Waals surface area contributed by atoms with Crippen molar-refractivity contribution in [1.29, 1.82) is 0 Å². The molecule has 25 heavy (non-hydrogen) atoms. The lowest BCUT2D eigenvalue weighted by molar-refractivity contribution is -0.148. The van der Waals surface area contributed by atoms with Crippen LogP contribution in [-0.2, 0) is 0 Å². The molecule has 1 saturated heterocycles. The van der Waals surface area contributed by atoms with E-state index in [2.05, 4.69) is 15.6 Å². The summed E-state index contributed by atoms with van der Waals surface area (Å²) in [5.41, 5.74) is 0. The van der Waals surface area contributed by atoms with E-state index in [1.807, 2.05) is 0 Å². The fraction of sp³-hybridized carbons (Fsp3) is 0.941. The van der Waals surface area contributed by atoms with Crippen LogP contribution in [0.25, 0.3) is 0 Å². The quantitative estimate of drug-likeness (QED) is 0.243. The van der Waals surface area contributed by atoms with Crippen LogP contribution in [0.1, 0.15) is 44.9 Å². The lowest BCUT2D eigenvalue weighted by Crippen LogP contribution is -2.41. The van der Waals surface area contributed by atoms with Crippen molar-refractivity contribution in [2.45, 2.75) is 51.1 Å². The second-order valence-corrected chi connectivity index (χ2v) is 7.13. The minimum absolute atomic E-state index is 0. The molecule has 2 aliphatic rings. The van der Waals surface area contributed by atoms with Crippen molar-refractivity contribution >= 4 is 29.9 Å². The summed E-state index contributed by atoms with van der Waals surface area (Å²) in [5, 5.41) is 6.64. The standard InChI is InChI=1S/C17H31F3N4.HI/c1-21-16(22-9-2-3-14-4-5-14)23-10-6-15-7-11-24(12-8-15)13-17(18,19)20;/h14-15H,2-13H2,1H3,(H2,21,22,23);1H. The molecule has 1 saturated carbocycles. The first-order valence-electron chi connectivity index (χ1n) is 9.20. The number of nitrogens with zero attached hydrogens (tertiary/aromatic N) is 2. The molecule has 0 amide bonds. The number of hydrogen-bond acceptors (Lipinski definition) is 2. The summed E-state index contributed by atoms with van der Waals surface area (Å²) in [5.74, 6) is 2.31. The number of guanidine groups is 1. The van der Waals surface area contributed by atoms with E-state index in [4.69, 9.17) is 0 Å². The van der Waals surface area contributed by atoms with Crippen molar-refractivity contribution in [2.75, 3.05) is 39.8 Å². The Labute approximate surface area is 166 Å². The number of likely N-dealkylation sites (tertiary alicyclic amines) is 1. The lowest BCUT2D eigenvalue weighted by atomic mass is 9.93. The smallest absolute Gasteiger partial charge is 0.356 e. The van der Waals surface area contributed by atoms with Crippen molar-refractivity contribution in [1.82, 2.24) is 15.5 Å². The van der Waals surface area contributed by atoms with Crippen LogP contribution in [0.2, 0.25) is 0 Å². The van der Waals surface area contributed by atoms with Crippen molar-refractivity contribution in [3.63, 3.8) is 0 Å². The Hall–Kier alpha value is -0.250. The Bertz CT molecular complexity index is 392. The average Bonchev–Trinajstić information content (AvgIpc) is 3.34. The monoisotopic (exact) mass is 476 g/mol. The van der Waals surface area contributed by atoms with Gasteiger partial charge in [0.1, 0.15) is 0 Å². The first-order valence-corrected chi connectivity index (χ1v) is 9.20. The molecule has 4 nitrogen and oxygen atoms in total. The maximum Gasteiger partial charge on any atom is 0.401 e. The van der Waals surface area contributed by atoms with Crippen LogP contribution < -0.4 is 10.6 Å². The van der Waals surface area contributed by atoms with E-state index in [9.17, 15) is 13.2 Å². The number of piperidine rings is 1. The van der Waals surface area contributed by atoms with Gasteiger partial charge in [-0.3, -0.25) is 9.89 Å². The predicted molar refractivity (Wildman–Crippen MR) is 107 cm³/mol. The fourth-order valence-electron chi connectivity index (χ4n) is 3.31. The van der Waals surface area contributed by atoms with E-state index < -0.39 is 12.7 Å². The van der Waals surface area contributed by atoms with Gasteiger partial charge in [-0.2, -0.15) is 13.2 Å². The minimum Gasteiger partial charge on any atom is -0.356 e. The Kier molecular flexibility index (Phi) is 10.4. The third kappa shape index (κ3) is 10.5. The van der Waals surface area contributed by atoms with Crippen molar-refractivity contribution in [3.05, 3.63) is 0 Å². The normalized spacial score (nSPS) is 20.2. The largest absolute Gasteiger partial charge is 0.401 e. The van der Waals surface area contributed by atoms with Crippen LogP contribution in [0.15, 0.2) is 4.99 Å². The second kappa shape index (κ2) is 11.5. The molecule has 2 fully saturated rings. The highest BCUT2D eigenvalue weighted by molar-refractivity contribution is 14.0. The van der Waals surface area contributed by atoms with E-state index >= 15 is 0 Å². The molecule has 0 aromatic heterocycles. The zero-order chi connectivity index (χ0) is 17.4. The van der Waals surface area contributed by atoms with E-state index in [1.165, 1.54) is 30.6 Å². The molecule has 0 unspecified atom stereocenters. The van der Waals surface area contributed by atoms with E-state index in [0.29, 0.717) is 19.0 Å². The molecule has 2 N–H and O–H groups in total. The second-order valence-electron chi connectivity index (χ2n) is 7.13. The Morgan fingerprint density at radius 3 is 2.16 bits per heavy atom. The molecular formula is C17H32F3IN4. The molecule has 8 heteroatoms. The summed E-state index contributed by atoms with van der Waals surface area (Å²) < 4.78 is 37.1. The first kappa shape index (κ1) is 22.8. The summed E-state index contributed by atoms with van der Waals surface area (Å²) in [6.45, 7) is 2.12. The Balaban J connectivity index is 0.00000312. The predicted octanol–water partition coefficient (Wildman–Crippen LogP) is 3.62. The van der Waals surface area contributed by atoms with Gasteiger partial charge < -0.3 is 10.6 Å². The number of rotatable bonds is 8. The van der Waals surface area contributed by atoms with Crippen LogP contribution in [-0.4, -0.2) is 56.8 Å². The van der Waals surface area contributed by atoms with Gasteiger partial charge in [0.2, 0.25) is 0 Å². The molecule has 0 atom stereocenters. The number of hydrogen-bond donors (Lipinski definition) is 2. The van der Waals surface area contributed by atoms with E-state index in [1.54, 1.807) is 7.05 Å². The number of aliphatic imine (C=N–C) groups is 1. The number of alkyl halides is 3. The van der Waals surface area contributed by atoms with Gasteiger partial charge in [-0.05, 0) is 57.0 Å². The molecule has 0 aromatic rings. The topological polar surface area (TPSA) is 39.7 Å². The molecule has 0 spiro atoms. The van der Waals surface area contributed by atoms with Gasteiger partial charge >= 0.3 is 6.18 Å². The lowest BCUT2D eigenvalue weighted by Gasteiger charge is -2.32.